The smallest absolute Gasteiger partial charge is 0.000559 e. The molecular weight excluding hydrogens is 182 g/mol. The van der Waals surface area contributed by atoms with Gasteiger partial charge in [-0.25, -0.2) is 0 Å². The maximum Gasteiger partial charge on any atom is 0.000559 e. The normalized spacial score (nSPS) is 12.9. The van der Waals surface area contributed by atoms with Gasteiger partial charge in [0.05, 0.1) is 0 Å². The van der Waals surface area contributed by atoms with Crippen molar-refractivity contribution in [1.82, 2.24) is 5.32 Å². The number of nitrogens with one attached hydrogen (secondary N) is 1. The van der Waals surface area contributed by atoms with Gasteiger partial charge in [-0.1, -0.05) is 53.2 Å². The highest BCUT2D eigenvalue weighted by molar-refractivity contribution is 4.88. The number of hydrogen-bond acceptors (Lipinski definition) is 1. The van der Waals surface area contributed by atoms with Gasteiger partial charge in [-0.2, -0.15) is 0 Å². The first-order valence-corrected chi connectivity index (χ1v) is 6.33. The first kappa shape index (κ1) is 14.7. The quantitative estimate of drug-likeness (QED) is 0.598. The lowest BCUT2D eigenvalue weighted by Gasteiger charge is -2.24. The summed E-state index contributed by atoms with van der Waals surface area (Å²) in [5.74, 6) is 0.747. The average Bonchev–Trinajstić information content (AvgIpc) is 2.11. The first-order chi connectivity index (χ1) is 6.98. The van der Waals surface area contributed by atoms with Gasteiger partial charge in [-0.3, -0.25) is 0 Å². The highest BCUT2D eigenvalue weighted by atomic mass is 14.9. The minimum absolute atomic E-state index is 0.388. The molecule has 15 heavy (non-hydrogen) atoms. The van der Waals surface area contributed by atoms with Crippen molar-refractivity contribution in [2.24, 2.45) is 11.3 Å². The van der Waals surface area contributed by atoms with Gasteiger partial charge in [-0.15, -0.1) is 0 Å². The van der Waals surface area contributed by atoms with Gasteiger partial charge in [0.15, 0.2) is 0 Å². The fourth-order valence-corrected chi connectivity index (χ4v) is 1.46. The molecule has 0 fully saturated rings. The van der Waals surface area contributed by atoms with E-state index in [1.807, 2.05) is 0 Å². The molecule has 0 saturated heterocycles. The van der Waals surface area contributed by atoms with Crippen LogP contribution in [-0.4, -0.2) is 13.1 Å². The Hall–Kier alpha value is -0.300. The number of hydrogen-bond donors (Lipinski definition) is 1. The third kappa shape index (κ3) is 9.99. The van der Waals surface area contributed by atoms with Crippen LogP contribution in [0.15, 0.2) is 12.2 Å². The molecule has 0 atom stereocenters. The summed E-state index contributed by atoms with van der Waals surface area (Å²) in [4.78, 5) is 0. The Labute approximate surface area is 96.3 Å². The molecule has 90 valence electrons. The van der Waals surface area contributed by atoms with E-state index in [2.05, 4.69) is 52.1 Å². The van der Waals surface area contributed by atoms with E-state index >= 15 is 0 Å². The SMILES string of the molecule is CCC/C=C/CC(C)(C)CNCC(C)C. The van der Waals surface area contributed by atoms with E-state index in [4.69, 9.17) is 0 Å². The van der Waals surface area contributed by atoms with Crippen LogP contribution in [-0.2, 0) is 0 Å². The van der Waals surface area contributed by atoms with Crippen molar-refractivity contribution in [1.29, 1.82) is 0 Å². The predicted octanol–water partition coefficient (Wildman–Crippen LogP) is 4.00. The Morgan fingerprint density at radius 1 is 1.20 bits per heavy atom. The molecule has 0 aromatic rings. The number of unbranched alkanes of at least 4 members (excludes halogenated alkanes) is 1. The second kappa shape index (κ2) is 7.92. The Morgan fingerprint density at radius 3 is 2.40 bits per heavy atom. The zero-order chi connectivity index (χ0) is 11.7. The molecule has 0 saturated carbocycles. The van der Waals surface area contributed by atoms with Gasteiger partial charge < -0.3 is 5.32 Å². The van der Waals surface area contributed by atoms with E-state index in [9.17, 15) is 0 Å². The van der Waals surface area contributed by atoms with Crippen LogP contribution in [0.3, 0.4) is 0 Å². The fourth-order valence-electron chi connectivity index (χ4n) is 1.46. The van der Waals surface area contributed by atoms with Gasteiger partial charge in [0.25, 0.3) is 0 Å². The van der Waals surface area contributed by atoms with Gasteiger partial charge in [0.2, 0.25) is 0 Å². The largest absolute Gasteiger partial charge is 0.316 e. The topological polar surface area (TPSA) is 12.0 Å². The summed E-state index contributed by atoms with van der Waals surface area (Å²) in [6.45, 7) is 13.6. The van der Waals surface area contributed by atoms with Crippen LogP contribution in [0.5, 0.6) is 0 Å². The third-order valence-electron chi connectivity index (χ3n) is 2.45. The lowest BCUT2D eigenvalue weighted by Crippen LogP contribution is -2.31. The lowest BCUT2D eigenvalue weighted by atomic mass is 9.89. The highest BCUT2D eigenvalue weighted by Crippen LogP contribution is 2.19. The molecule has 1 nitrogen and oxygen atoms in total. The van der Waals surface area contributed by atoms with Gasteiger partial charge in [0.1, 0.15) is 0 Å². The summed E-state index contributed by atoms with van der Waals surface area (Å²) < 4.78 is 0. The molecule has 1 N–H and O–H groups in total. The molecule has 1 heteroatoms. The fraction of sp³-hybridized carbons (Fsp3) is 0.857. The molecule has 0 aliphatic rings. The lowest BCUT2D eigenvalue weighted by molar-refractivity contribution is 0.336. The zero-order valence-electron chi connectivity index (χ0n) is 11.3. The average molecular weight is 211 g/mol. The van der Waals surface area contributed by atoms with Gasteiger partial charge in [0, 0.05) is 6.54 Å². The summed E-state index contributed by atoms with van der Waals surface area (Å²) in [5, 5.41) is 3.53. The molecular formula is C14H29N. The highest BCUT2D eigenvalue weighted by Gasteiger charge is 2.15. The number of allylic oxidation sites excluding steroid dienone is 2. The van der Waals surface area contributed by atoms with Gasteiger partial charge in [-0.05, 0) is 30.7 Å². The molecule has 0 aliphatic carbocycles. The van der Waals surface area contributed by atoms with Crippen LogP contribution in [0.1, 0.15) is 53.9 Å². The maximum absolute atomic E-state index is 3.53. The molecule has 0 aromatic carbocycles. The van der Waals surface area contributed by atoms with E-state index in [0.29, 0.717) is 5.41 Å². The Bertz CT molecular complexity index is 168. The molecule has 0 radical (unpaired) electrons. The molecule has 0 heterocycles. The summed E-state index contributed by atoms with van der Waals surface area (Å²) in [5.41, 5.74) is 0.388. The van der Waals surface area contributed by atoms with E-state index < -0.39 is 0 Å². The van der Waals surface area contributed by atoms with E-state index in [-0.39, 0.29) is 0 Å². The number of rotatable bonds is 8. The second-order valence-electron chi connectivity index (χ2n) is 5.65. The monoisotopic (exact) mass is 211 g/mol. The third-order valence-corrected chi connectivity index (χ3v) is 2.45. The Balaban J connectivity index is 3.66. The Morgan fingerprint density at radius 2 is 1.87 bits per heavy atom. The second-order valence-corrected chi connectivity index (χ2v) is 5.65. The molecule has 0 aromatic heterocycles. The predicted molar refractivity (Wildman–Crippen MR) is 70.2 cm³/mol. The van der Waals surface area contributed by atoms with Crippen molar-refractivity contribution >= 4 is 0 Å². The molecule has 0 aliphatic heterocycles. The van der Waals surface area contributed by atoms with Crippen molar-refractivity contribution in [3.05, 3.63) is 12.2 Å². The molecule has 0 amide bonds. The van der Waals surface area contributed by atoms with Crippen LogP contribution in [0.25, 0.3) is 0 Å². The Kier molecular flexibility index (Phi) is 7.76. The van der Waals surface area contributed by atoms with Crippen molar-refractivity contribution < 1.29 is 0 Å². The standard InChI is InChI=1S/C14H29N/c1-6-7-8-9-10-14(4,5)12-15-11-13(2)3/h8-9,13,15H,6-7,10-12H2,1-5H3/b9-8+. The summed E-state index contributed by atoms with van der Waals surface area (Å²) in [6.07, 6.45) is 8.29. The molecule has 0 rings (SSSR count). The van der Waals surface area contributed by atoms with E-state index in [1.165, 1.54) is 19.3 Å². The van der Waals surface area contributed by atoms with Crippen LogP contribution in [0.2, 0.25) is 0 Å². The van der Waals surface area contributed by atoms with Crippen molar-refractivity contribution in [3.8, 4) is 0 Å². The zero-order valence-corrected chi connectivity index (χ0v) is 11.3. The van der Waals surface area contributed by atoms with Crippen LogP contribution in [0.4, 0.5) is 0 Å². The molecule has 0 bridgehead atoms. The summed E-state index contributed by atoms with van der Waals surface area (Å²) >= 11 is 0. The van der Waals surface area contributed by atoms with Crippen molar-refractivity contribution in [2.45, 2.75) is 53.9 Å². The van der Waals surface area contributed by atoms with Crippen LogP contribution < -0.4 is 5.32 Å². The molecule has 0 unspecified atom stereocenters. The van der Waals surface area contributed by atoms with E-state index in [1.54, 1.807) is 0 Å². The maximum atomic E-state index is 3.53. The van der Waals surface area contributed by atoms with Crippen LogP contribution in [0, 0.1) is 11.3 Å². The van der Waals surface area contributed by atoms with Gasteiger partial charge >= 0.3 is 0 Å². The minimum Gasteiger partial charge on any atom is -0.316 e. The van der Waals surface area contributed by atoms with E-state index in [0.717, 1.165) is 19.0 Å². The van der Waals surface area contributed by atoms with Crippen LogP contribution >= 0.6 is 0 Å². The van der Waals surface area contributed by atoms with Crippen molar-refractivity contribution in [2.75, 3.05) is 13.1 Å². The molecule has 0 spiro atoms. The first-order valence-electron chi connectivity index (χ1n) is 6.33. The summed E-state index contributed by atoms with van der Waals surface area (Å²) in [7, 11) is 0. The minimum atomic E-state index is 0.388. The summed E-state index contributed by atoms with van der Waals surface area (Å²) in [6, 6.07) is 0. The van der Waals surface area contributed by atoms with Crippen molar-refractivity contribution in [3.63, 3.8) is 0 Å².